The van der Waals surface area contributed by atoms with Crippen LogP contribution in [0.2, 0.25) is 0 Å². The largest absolute Gasteiger partial charge is 0.373 e. The molecule has 4 atom stereocenters. The van der Waals surface area contributed by atoms with Crippen molar-refractivity contribution in [2.24, 2.45) is 5.92 Å². The van der Waals surface area contributed by atoms with Gasteiger partial charge in [-0.25, -0.2) is 0 Å². The molecule has 1 saturated heterocycles. The number of rotatable bonds is 6. The summed E-state index contributed by atoms with van der Waals surface area (Å²) in [7, 11) is 0. The molecule has 4 heteroatoms. The predicted molar refractivity (Wildman–Crippen MR) is 105 cm³/mol. The highest BCUT2D eigenvalue weighted by Crippen LogP contribution is 2.42. The monoisotopic (exact) mass is 357 g/mol. The number of benzene rings is 2. The molecule has 3 nitrogen and oxygen atoms in total. The van der Waals surface area contributed by atoms with Crippen molar-refractivity contribution in [3.05, 3.63) is 42.5 Å². The van der Waals surface area contributed by atoms with Crippen LogP contribution in [0.15, 0.2) is 47.4 Å². The molecule has 3 rings (SSSR count). The Labute approximate surface area is 154 Å². The van der Waals surface area contributed by atoms with Crippen LogP contribution in [0.4, 0.5) is 0 Å². The molecule has 0 saturated carbocycles. The zero-order chi connectivity index (χ0) is 18.0. The Kier molecular flexibility index (Phi) is 5.70. The van der Waals surface area contributed by atoms with Gasteiger partial charge in [-0.15, -0.1) is 11.8 Å². The van der Waals surface area contributed by atoms with Crippen molar-refractivity contribution in [3.8, 4) is 0 Å². The van der Waals surface area contributed by atoms with E-state index in [1.807, 2.05) is 25.1 Å². The SMILES string of the molecule is CCCC1C(Sc2cccc3ccccc23)C(=O)N(C(C)CC)C1O. The van der Waals surface area contributed by atoms with Gasteiger partial charge in [0.1, 0.15) is 6.23 Å². The lowest BCUT2D eigenvalue weighted by atomic mass is 10.0. The quantitative estimate of drug-likeness (QED) is 0.816. The Morgan fingerprint density at radius 2 is 1.88 bits per heavy atom. The maximum Gasteiger partial charge on any atom is 0.238 e. The van der Waals surface area contributed by atoms with Crippen molar-refractivity contribution in [2.45, 2.75) is 62.4 Å². The van der Waals surface area contributed by atoms with E-state index in [-0.39, 0.29) is 23.1 Å². The topological polar surface area (TPSA) is 40.5 Å². The van der Waals surface area contributed by atoms with Gasteiger partial charge in [-0.2, -0.15) is 0 Å². The van der Waals surface area contributed by atoms with E-state index >= 15 is 0 Å². The summed E-state index contributed by atoms with van der Waals surface area (Å²) >= 11 is 1.62. The van der Waals surface area contributed by atoms with E-state index in [9.17, 15) is 9.90 Å². The Hall–Kier alpha value is -1.52. The third-order valence-corrected chi connectivity index (χ3v) is 6.66. The molecule has 1 heterocycles. The lowest BCUT2D eigenvalue weighted by Gasteiger charge is -2.28. The van der Waals surface area contributed by atoms with Gasteiger partial charge in [0.2, 0.25) is 5.91 Å². The van der Waals surface area contributed by atoms with Crippen molar-refractivity contribution in [2.75, 3.05) is 0 Å². The van der Waals surface area contributed by atoms with E-state index < -0.39 is 6.23 Å². The van der Waals surface area contributed by atoms with Crippen molar-refractivity contribution < 1.29 is 9.90 Å². The summed E-state index contributed by atoms with van der Waals surface area (Å²) in [6.45, 7) is 6.20. The van der Waals surface area contributed by atoms with Crippen LogP contribution in [-0.2, 0) is 4.79 Å². The van der Waals surface area contributed by atoms with E-state index in [1.165, 1.54) is 10.8 Å². The summed E-state index contributed by atoms with van der Waals surface area (Å²) < 4.78 is 0. The summed E-state index contributed by atoms with van der Waals surface area (Å²) in [6.07, 6.45) is 2.01. The van der Waals surface area contributed by atoms with Gasteiger partial charge in [-0.05, 0) is 36.6 Å². The van der Waals surface area contributed by atoms with Crippen molar-refractivity contribution in [1.29, 1.82) is 0 Å². The van der Waals surface area contributed by atoms with Gasteiger partial charge in [0, 0.05) is 16.9 Å². The summed E-state index contributed by atoms with van der Waals surface area (Å²) in [5, 5.41) is 13.0. The number of likely N-dealkylation sites (tertiary alicyclic amines) is 1. The number of hydrogen-bond acceptors (Lipinski definition) is 3. The van der Waals surface area contributed by atoms with Gasteiger partial charge in [0.05, 0.1) is 5.25 Å². The first-order valence-corrected chi connectivity index (χ1v) is 10.1. The van der Waals surface area contributed by atoms with Gasteiger partial charge in [0.15, 0.2) is 0 Å². The van der Waals surface area contributed by atoms with Gasteiger partial charge >= 0.3 is 0 Å². The second-order valence-corrected chi connectivity index (χ2v) is 8.07. The summed E-state index contributed by atoms with van der Waals surface area (Å²) in [4.78, 5) is 15.9. The first-order chi connectivity index (χ1) is 12.1. The van der Waals surface area contributed by atoms with Crippen LogP contribution in [-0.4, -0.2) is 33.4 Å². The Morgan fingerprint density at radius 3 is 2.60 bits per heavy atom. The summed E-state index contributed by atoms with van der Waals surface area (Å²) in [5.74, 6) is 0.0636. The minimum Gasteiger partial charge on any atom is -0.373 e. The molecule has 1 N–H and O–H groups in total. The molecular formula is C21H27NO2S. The fourth-order valence-corrected chi connectivity index (χ4v) is 5.12. The molecule has 0 aliphatic carbocycles. The molecule has 0 aromatic heterocycles. The second-order valence-electron chi connectivity index (χ2n) is 6.88. The van der Waals surface area contributed by atoms with Crippen molar-refractivity contribution >= 4 is 28.4 Å². The summed E-state index contributed by atoms with van der Waals surface area (Å²) in [6, 6.07) is 14.6. The predicted octanol–water partition coefficient (Wildman–Crippen LogP) is 4.68. The Bertz CT molecular complexity index is 742. The van der Waals surface area contributed by atoms with Gasteiger partial charge in [-0.3, -0.25) is 4.79 Å². The molecule has 1 amide bonds. The van der Waals surface area contributed by atoms with Crippen LogP contribution in [0.3, 0.4) is 0 Å². The maximum atomic E-state index is 13.1. The minimum absolute atomic E-state index is 0.0181. The number of aliphatic hydroxyl groups is 1. The smallest absolute Gasteiger partial charge is 0.238 e. The number of amides is 1. The number of carbonyl (C=O) groups is 1. The molecule has 25 heavy (non-hydrogen) atoms. The van der Waals surface area contributed by atoms with Crippen LogP contribution < -0.4 is 0 Å². The maximum absolute atomic E-state index is 13.1. The van der Waals surface area contributed by atoms with E-state index in [0.717, 1.165) is 24.2 Å². The number of thioether (sulfide) groups is 1. The zero-order valence-corrected chi connectivity index (χ0v) is 16.0. The number of carbonyl (C=O) groups excluding carboxylic acids is 1. The lowest BCUT2D eigenvalue weighted by molar-refractivity contribution is -0.136. The van der Waals surface area contributed by atoms with E-state index in [2.05, 4.69) is 38.1 Å². The van der Waals surface area contributed by atoms with Crippen LogP contribution in [0, 0.1) is 5.92 Å². The number of fused-ring (bicyclic) bond motifs is 1. The van der Waals surface area contributed by atoms with E-state index in [0.29, 0.717) is 0 Å². The van der Waals surface area contributed by atoms with Crippen LogP contribution in [0.5, 0.6) is 0 Å². The highest BCUT2D eigenvalue weighted by molar-refractivity contribution is 8.00. The fourth-order valence-electron chi connectivity index (χ4n) is 3.70. The summed E-state index contributed by atoms with van der Waals surface area (Å²) in [5.41, 5.74) is 0. The average molecular weight is 358 g/mol. The number of aliphatic hydroxyl groups excluding tert-OH is 1. The first kappa shape index (κ1) is 18.3. The van der Waals surface area contributed by atoms with E-state index in [1.54, 1.807) is 16.7 Å². The third-order valence-electron chi connectivity index (χ3n) is 5.25. The molecule has 1 fully saturated rings. The van der Waals surface area contributed by atoms with Crippen LogP contribution >= 0.6 is 11.8 Å². The molecule has 1 aliphatic heterocycles. The van der Waals surface area contributed by atoms with Gasteiger partial charge in [0.25, 0.3) is 0 Å². The fraction of sp³-hybridized carbons (Fsp3) is 0.476. The molecular weight excluding hydrogens is 330 g/mol. The second kappa shape index (κ2) is 7.79. The van der Waals surface area contributed by atoms with Crippen molar-refractivity contribution in [3.63, 3.8) is 0 Å². The van der Waals surface area contributed by atoms with Gasteiger partial charge in [-0.1, -0.05) is 56.7 Å². The van der Waals surface area contributed by atoms with Crippen LogP contribution in [0.25, 0.3) is 10.8 Å². The molecule has 2 aromatic carbocycles. The van der Waals surface area contributed by atoms with E-state index in [4.69, 9.17) is 0 Å². The van der Waals surface area contributed by atoms with Gasteiger partial charge < -0.3 is 10.0 Å². The molecule has 2 aromatic rings. The molecule has 134 valence electrons. The molecule has 0 bridgehead atoms. The van der Waals surface area contributed by atoms with Crippen molar-refractivity contribution in [1.82, 2.24) is 4.90 Å². The first-order valence-electron chi connectivity index (χ1n) is 9.23. The third kappa shape index (κ3) is 3.42. The molecule has 0 radical (unpaired) electrons. The highest BCUT2D eigenvalue weighted by atomic mass is 32.2. The molecule has 0 spiro atoms. The normalized spacial score (nSPS) is 24.9. The zero-order valence-electron chi connectivity index (χ0n) is 15.2. The lowest BCUT2D eigenvalue weighted by Crippen LogP contribution is -2.41. The Balaban J connectivity index is 1.94. The highest BCUT2D eigenvalue weighted by Gasteiger charge is 2.48. The average Bonchev–Trinajstić information content (AvgIpc) is 2.86. The number of hydrogen-bond donors (Lipinski definition) is 1. The minimum atomic E-state index is -0.671. The van der Waals surface area contributed by atoms with Crippen LogP contribution in [0.1, 0.15) is 40.0 Å². The standard InChI is InChI=1S/C21H27NO2S/c1-4-9-17-19(21(24)22(20(17)23)14(3)5-2)25-18-13-8-11-15-10-6-7-12-16(15)18/h6-8,10-14,17,19-20,23H,4-5,9H2,1-3H3. The molecule has 1 aliphatic rings. The molecule has 4 unspecified atom stereocenters. The Morgan fingerprint density at radius 1 is 1.16 bits per heavy atom. The number of nitrogens with zero attached hydrogens (tertiary/aromatic N) is 1.